The molecule has 1 amide bonds. The zero-order valence-electron chi connectivity index (χ0n) is 13.4. The fourth-order valence-electron chi connectivity index (χ4n) is 3.15. The van der Waals surface area contributed by atoms with Crippen LogP contribution in [0.15, 0.2) is 4.52 Å². The summed E-state index contributed by atoms with van der Waals surface area (Å²) in [6.07, 6.45) is 1.26. The van der Waals surface area contributed by atoms with Crippen molar-refractivity contribution < 1.29 is 18.1 Å². The number of aromatic nitrogens is 2. The number of alkyl halides is 2. The Balaban J connectivity index is 1.64. The normalized spacial score (nSPS) is 27.6. The average molecular weight is 328 g/mol. The standard InChI is InChI=1S/C15H22F2N4O2/c1-9(2)13-19-12(20-23-13)10-4-3-5-21(7-10)14(22)11-6-15(16,17)8-18-11/h9-11,18H,3-8H2,1-2H3. The van der Waals surface area contributed by atoms with E-state index >= 15 is 0 Å². The molecule has 2 aliphatic heterocycles. The van der Waals surface area contributed by atoms with Crippen molar-refractivity contribution in [1.82, 2.24) is 20.4 Å². The Bertz CT molecular complexity index is 576. The van der Waals surface area contributed by atoms with Crippen molar-refractivity contribution in [2.75, 3.05) is 19.6 Å². The summed E-state index contributed by atoms with van der Waals surface area (Å²) >= 11 is 0. The lowest BCUT2D eigenvalue weighted by Crippen LogP contribution is -2.47. The van der Waals surface area contributed by atoms with E-state index in [0.717, 1.165) is 12.8 Å². The number of likely N-dealkylation sites (tertiary alicyclic amines) is 1. The monoisotopic (exact) mass is 328 g/mol. The second-order valence-electron chi connectivity index (χ2n) is 6.76. The van der Waals surface area contributed by atoms with Crippen LogP contribution in [0.2, 0.25) is 0 Å². The van der Waals surface area contributed by atoms with E-state index in [1.54, 1.807) is 4.90 Å². The molecule has 0 bridgehead atoms. The Morgan fingerprint density at radius 2 is 2.26 bits per heavy atom. The van der Waals surface area contributed by atoms with Gasteiger partial charge < -0.3 is 9.42 Å². The van der Waals surface area contributed by atoms with E-state index in [1.165, 1.54) is 0 Å². The molecule has 8 heteroatoms. The number of amides is 1. The summed E-state index contributed by atoms with van der Waals surface area (Å²) in [5.74, 6) is -1.70. The highest BCUT2D eigenvalue weighted by Gasteiger charge is 2.44. The van der Waals surface area contributed by atoms with Crippen molar-refractivity contribution >= 4 is 5.91 Å². The zero-order chi connectivity index (χ0) is 16.6. The molecule has 3 heterocycles. The summed E-state index contributed by atoms with van der Waals surface area (Å²) in [6.45, 7) is 4.57. The maximum atomic E-state index is 13.3. The van der Waals surface area contributed by atoms with Crippen LogP contribution in [0.4, 0.5) is 8.78 Å². The molecule has 0 spiro atoms. The predicted octanol–water partition coefficient (Wildman–Crippen LogP) is 1.90. The predicted molar refractivity (Wildman–Crippen MR) is 78.3 cm³/mol. The third-order valence-electron chi connectivity index (χ3n) is 4.46. The maximum Gasteiger partial charge on any atom is 0.262 e. The fraction of sp³-hybridized carbons (Fsp3) is 0.800. The molecule has 6 nitrogen and oxygen atoms in total. The van der Waals surface area contributed by atoms with Crippen molar-refractivity contribution in [2.24, 2.45) is 0 Å². The first kappa shape index (κ1) is 16.3. The smallest absolute Gasteiger partial charge is 0.262 e. The van der Waals surface area contributed by atoms with E-state index in [0.29, 0.717) is 24.8 Å². The molecule has 23 heavy (non-hydrogen) atoms. The SMILES string of the molecule is CC(C)c1nc(C2CCCN(C(=O)C3CC(F)(F)CN3)C2)no1. The van der Waals surface area contributed by atoms with Gasteiger partial charge in [0.2, 0.25) is 11.8 Å². The van der Waals surface area contributed by atoms with Crippen LogP contribution in [0.25, 0.3) is 0 Å². The number of piperidine rings is 1. The van der Waals surface area contributed by atoms with E-state index in [-0.39, 0.29) is 17.7 Å². The van der Waals surface area contributed by atoms with Crippen LogP contribution >= 0.6 is 0 Å². The Kier molecular flexibility index (Phi) is 4.35. The lowest BCUT2D eigenvalue weighted by Gasteiger charge is -2.33. The van der Waals surface area contributed by atoms with Crippen molar-refractivity contribution in [3.63, 3.8) is 0 Å². The van der Waals surface area contributed by atoms with E-state index in [2.05, 4.69) is 15.5 Å². The van der Waals surface area contributed by atoms with Crippen LogP contribution in [0.5, 0.6) is 0 Å². The second-order valence-corrected chi connectivity index (χ2v) is 6.76. The van der Waals surface area contributed by atoms with Gasteiger partial charge in [0.25, 0.3) is 5.92 Å². The third kappa shape index (κ3) is 3.52. The van der Waals surface area contributed by atoms with Gasteiger partial charge >= 0.3 is 0 Å². The van der Waals surface area contributed by atoms with Crippen molar-refractivity contribution in [3.8, 4) is 0 Å². The average Bonchev–Trinajstić information content (AvgIpc) is 3.13. The van der Waals surface area contributed by atoms with Gasteiger partial charge in [-0.25, -0.2) is 8.78 Å². The highest BCUT2D eigenvalue weighted by molar-refractivity contribution is 5.82. The molecule has 0 saturated carbocycles. The van der Waals surface area contributed by atoms with E-state index < -0.39 is 24.9 Å². The molecule has 1 aromatic heterocycles. The number of hydrogen-bond donors (Lipinski definition) is 1. The van der Waals surface area contributed by atoms with Crippen molar-refractivity contribution in [3.05, 3.63) is 11.7 Å². The first-order valence-electron chi connectivity index (χ1n) is 8.09. The number of nitrogens with zero attached hydrogens (tertiary/aromatic N) is 3. The molecular weight excluding hydrogens is 306 g/mol. The second kappa shape index (κ2) is 6.14. The maximum absolute atomic E-state index is 13.3. The van der Waals surface area contributed by atoms with Crippen LogP contribution in [0, 0.1) is 0 Å². The van der Waals surface area contributed by atoms with Gasteiger partial charge in [-0.05, 0) is 12.8 Å². The molecule has 0 aromatic carbocycles. The first-order valence-corrected chi connectivity index (χ1v) is 8.09. The van der Waals surface area contributed by atoms with Gasteiger partial charge in [-0.15, -0.1) is 0 Å². The minimum absolute atomic E-state index is 0.00543. The van der Waals surface area contributed by atoms with Crippen LogP contribution in [0.3, 0.4) is 0 Å². The number of nitrogens with one attached hydrogen (secondary N) is 1. The molecule has 3 rings (SSSR count). The summed E-state index contributed by atoms with van der Waals surface area (Å²) in [4.78, 5) is 18.5. The summed E-state index contributed by atoms with van der Waals surface area (Å²) in [7, 11) is 0. The molecule has 2 unspecified atom stereocenters. The van der Waals surface area contributed by atoms with Gasteiger partial charge in [0.05, 0.1) is 12.6 Å². The van der Waals surface area contributed by atoms with Crippen LogP contribution in [0.1, 0.15) is 56.7 Å². The van der Waals surface area contributed by atoms with Gasteiger partial charge in [-0.2, -0.15) is 4.98 Å². The third-order valence-corrected chi connectivity index (χ3v) is 4.46. The molecule has 1 N–H and O–H groups in total. The molecule has 1 aromatic rings. The van der Waals surface area contributed by atoms with Crippen molar-refractivity contribution in [1.29, 1.82) is 0 Å². The Morgan fingerprint density at radius 3 is 2.87 bits per heavy atom. The van der Waals surface area contributed by atoms with Crippen LogP contribution in [-0.2, 0) is 4.79 Å². The summed E-state index contributed by atoms with van der Waals surface area (Å²) in [6, 6.07) is -0.791. The Labute approximate surface area is 133 Å². The number of carbonyl (C=O) groups excluding carboxylic acids is 1. The number of halogens is 2. The van der Waals surface area contributed by atoms with Gasteiger partial charge in [0, 0.05) is 31.3 Å². The van der Waals surface area contributed by atoms with E-state index in [4.69, 9.17) is 4.52 Å². The van der Waals surface area contributed by atoms with E-state index in [9.17, 15) is 13.6 Å². The zero-order valence-corrected chi connectivity index (χ0v) is 13.4. The van der Waals surface area contributed by atoms with Gasteiger partial charge in [0.15, 0.2) is 5.82 Å². The molecule has 2 fully saturated rings. The molecular formula is C15H22F2N4O2. The summed E-state index contributed by atoms with van der Waals surface area (Å²) in [5.41, 5.74) is 0. The van der Waals surface area contributed by atoms with Crippen LogP contribution < -0.4 is 5.32 Å². The molecule has 128 valence electrons. The number of rotatable bonds is 3. The van der Waals surface area contributed by atoms with Crippen LogP contribution in [-0.4, -0.2) is 52.5 Å². The molecule has 2 saturated heterocycles. The summed E-state index contributed by atoms with van der Waals surface area (Å²) < 4.78 is 31.8. The molecule has 0 aliphatic carbocycles. The minimum atomic E-state index is -2.80. The largest absolute Gasteiger partial charge is 0.341 e. The van der Waals surface area contributed by atoms with Crippen molar-refractivity contribution in [2.45, 2.75) is 56.9 Å². The highest BCUT2D eigenvalue weighted by atomic mass is 19.3. The van der Waals surface area contributed by atoms with E-state index in [1.807, 2.05) is 13.8 Å². The quantitative estimate of drug-likeness (QED) is 0.917. The molecule has 2 atom stereocenters. The Morgan fingerprint density at radius 1 is 1.48 bits per heavy atom. The van der Waals surface area contributed by atoms with Gasteiger partial charge in [-0.3, -0.25) is 10.1 Å². The minimum Gasteiger partial charge on any atom is -0.341 e. The molecule has 0 radical (unpaired) electrons. The van der Waals surface area contributed by atoms with Gasteiger partial charge in [-0.1, -0.05) is 19.0 Å². The first-order chi connectivity index (χ1) is 10.9. The van der Waals surface area contributed by atoms with Gasteiger partial charge in [0.1, 0.15) is 0 Å². The lowest BCUT2D eigenvalue weighted by atomic mass is 9.96. The number of carbonyl (C=O) groups is 1. The highest BCUT2D eigenvalue weighted by Crippen LogP contribution is 2.29. The topological polar surface area (TPSA) is 71.3 Å². The summed E-state index contributed by atoms with van der Waals surface area (Å²) in [5, 5.41) is 6.64. The lowest BCUT2D eigenvalue weighted by molar-refractivity contribution is -0.135. The fourth-order valence-corrected chi connectivity index (χ4v) is 3.15. The Hall–Kier alpha value is -1.57. The molecule has 2 aliphatic rings. The number of hydrogen-bond acceptors (Lipinski definition) is 5.